The number of aryl methyl sites for hydroxylation is 2. The fourth-order valence-electron chi connectivity index (χ4n) is 3.97. The van der Waals surface area contributed by atoms with Crippen molar-refractivity contribution in [2.45, 2.75) is 60.9 Å². The van der Waals surface area contributed by atoms with Crippen molar-refractivity contribution < 1.29 is 4.39 Å². The zero-order valence-corrected chi connectivity index (χ0v) is 14.6. The normalized spacial score (nSPS) is 21.3. The van der Waals surface area contributed by atoms with Crippen LogP contribution < -0.4 is 5.32 Å². The van der Waals surface area contributed by atoms with Crippen LogP contribution in [0.15, 0.2) is 12.1 Å². The predicted octanol–water partition coefficient (Wildman–Crippen LogP) is 5.17. The molecule has 1 aromatic carbocycles. The molecule has 0 radical (unpaired) electrons. The lowest BCUT2D eigenvalue weighted by molar-refractivity contribution is 0.409. The monoisotopic (exact) mass is 291 g/mol. The molecule has 1 aromatic rings. The van der Waals surface area contributed by atoms with Crippen LogP contribution in [0, 0.1) is 36.4 Å². The van der Waals surface area contributed by atoms with Gasteiger partial charge in [-0.1, -0.05) is 46.8 Å². The number of nitrogens with one attached hydrogen (secondary N) is 1. The highest BCUT2D eigenvalue weighted by molar-refractivity contribution is 5.35. The fraction of sp³-hybridized carbons (Fsp3) is 0.684. The molecule has 1 aliphatic rings. The minimum absolute atomic E-state index is 0.0673. The average Bonchev–Trinajstić information content (AvgIpc) is 2.78. The van der Waals surface area contributed by atoms with Crippen LogP contribution >= 0.6 is 0 Å². The molecule has 21 heavy (non-hydrogen) atoms. The number of halogens is 1. The maximum absolute atomic E-state index is 13.9. The van der Waals surface area contributed by atoms with E-state index in [1.807, 2.05) is 26.0 Å². The van der Waals surface area contributed by atoms with Crippen LogP contribution in [-0.2, 0) is 0 Å². The van der Waals surface area contributed by atoms with Gasteiger partial charge in [0.1, 0.15) is 5.82 Å². The van der Waals surface area contributed by atoms with Crippen molar-refractivity contribution >= 4 is 0 Å². The topological polar surface area (TPSA) is 12.0 Å². The molecule has 0 aromatic heterocycles. The standard InChI is InChI=1S/C19H30FN/c1-8-9-21-16(17-18(4,5)19(17,6)7)14-10-12(2)15(20)13(3)11-14/h10-11,16-17,21H,8-9H2,1-7H3. The molecule has 1 aliphatic carbocycles. The largest absolute Gasteiger partial charge is 0.310 e. The third-order valence-corrected chi connectivity index (χ3v) is 5.90. The molecule has 0 saturated heterocycles. The lowest BCUT2D eigenvalue weighted by Gasteiger charge is -2.23. The van der Waals surface area contributed by atoms with E-state index >= 15 is 0 Å². The highest BCUT2D eigenvalue weighted by Gasteiger charge is 2.67. The Kier molecular flexibility index (Phi) is 4.23. The number of hydrogen-bond acceptors (Lipinski definition) is 1. The molecule has 118 valence electrons. The molecule has 0 bridgehead atoms. The maximum Gasteiger partial charge on any atom is 0.129 e. The first-order valence-electron chi connectivity index (χ1n) is 8.14. The van der Waals surface area contributed by atoms with Gasteiger partial charge in [0.05, 0.1) is 0 Å². The second kappa shape index (κ2) is 5.39. The van der Waals surface area contributed by atoms with Gasteiger partial charge in [0.25, 0.3) is 0 Å². The van der Waals surface area contributed by atoms with Gasteiger partial charge in [-0.25, -0.2) is 4.39 Å². The van der Waals surface area contributed by atoms with E-state index in [0.29, 0.717) is 22.8 Å². The average molecular weight is 291 g/mol. The summed E-state index contributed by atoms with van der Waals surface area (Å²) in [5, 5.41) is 3.71. The van der Waals surface area contributed by atoms with Crippen LogP contribution in [0.5, 0.6) is 0 Å². The molecular formula is C19H30FN. The molecule has 1 atom stereocenters. The van der Waals surface area contributed by atoms with E-state index < -0.39 is 0 Å². The molecule has 1 nitrogen and oxygen atoms in total. The van der Waals surface area contributed by atoms with Gasteiger partial charge in [0, 0.05) is 6.04 Å². The molecule has 2 rings (SSSR count). The first-order valence-corrected chi connectivity index (χ1v) is 8.14. The van der Waals surface area contributed by atoms with Gasteiger partial charge in [-0.15, -0.1) is 0 Å². The summed E-state index contributed by atoms with van der Waals surface area (Å²) in [6.07, 6.45) is 1.11. The van der Waals surface area contributed by atoms with Crippen LogP contribution in [0.4, 0.5) is 4.39 Å². The summed E-state index contributed by atoms with van der Waals surface area (Å²) in [6, 6.07) is 4.37. The molecule has 0 heterocycles. The van der Waals surface area contributed by atoms with Gasteiger partial charge in [-0.05, 0) is 60.3 Å². The van der Waals surface area contributed by atoms with E-state index in [0.717, 1.165) is 24.1 Å². The van der Waals surface area contributed by atoms with Crippen molar-refractivity contribution in [2.24, 2.45) is 16.7 Å². The van der Waals surface area contributed by atoms with Crippen LogP contribution in [0.25, 0.3) is 0 Å². The summed E-state index contributed by atoms with van der Waals surface area (Å²) in [4.78, 5) is 0. The molecule has 1 unspecified atom stereocenters. The highest BCUT2D eigenvalue weighted by atomic mass is 19.1. The predicted molar refractivity (Wildman–Crippen MR) is 88.0 cm³/mol. The Balaban J connectivity index is 2.38. The Morgan fingerprint density at radius 3 is 1.95 bits per heavy atom. The summed E-state index contributed by atoms with van der Waals surface area (Å²) < 4.78 is 13.9. The Hall–Kier alpha value is -0.890. The van der Waals surface area contributed by atoms with Crippen LogP contribution in [0.2, 0.25) is 0 Å². The van der Waals surface area contributed by atoms with Crippen molar-refractivity contribution in [1.82, 2.24) is 5.32 Å². The number of rotatable bonds is 5. The van der Waals surface area contributed by atoms with Crippen molar-refractivity contribution in [2.75, 3.05) is 6.54 Å². The molecule has 1 saturated carbocycles. The second-order valence-electron chi connectivity index (χ2n) is 7.82. The molecule has 0 spiro atoms. The summed E-state index contributed by atoms with van der Waals surface area (Å²) in [5.41, 5.74) is 3.38. The molecule has 2 heteroatoms. The van der Waals surface area contributed by atoms with Crippen LogP contribution in [0.3, 0.4) is 0 Å². The lowest BCUT2D eigenvalue weighted by atomic mass is 9.93. The minimum atomic E-state index is -0.0673. The van der Waals surface area contributed by atoms with E-state index in [2.05, 4.69) is 39.9 Å². The molecule has 1 fully saturated rings. The first kappa shape index (κ1) is 16.5. The first-order chi connectivity index (χ1) is 9.64. The fourth-order valence-corrected chi connectivity index (χ4v) is 3.97. The summed E-state index contributed by atoms with van der Waals surface area (Å²) in [5.74, 6) is 0.517. The highest BCUT2D eigenvalue weighted by Crippen LogP contribution is 2.72. The zero-order chi connectivity index (χ0) is 16.0. The summed E-state index contributed by atoms with van der Waals surface area (Å²) in [7, 11) is 0. The minimum Gasteiger partial charge on any atom is -0.310 e. The van der Waals surface area contributed by atoms with Gasteiger partial charge >= 0.3 is 0 Å². The van der Waals surface area contributed by atoms with Crippen molar-refractivity contribution in [1.29, 1.82) is 0 Å². The summed E-state index contributed by atoms with van der Waals surface area (Å²) >= 11 is 0. The Morgan fingerprint density at radius 1 is 1.10 bits per heavy atom. The van der Waals surface area contributed by atoms with E-state index in [9.17, 15) is 4.39 Å². The van der Waals surface area contributed by atoms with Gasteiger partial charge in [-0.3, -0.25) is 0 Å². The number of hydrogen-bond donors (Lipinski definition) is 1. The SMILES string of the molecule is CCCNC(c1cc(C)c(F)c(C)c1)C1C(C)(C)C1(C)C. The smallest absolute Gasteiger partial charge is 0.129 e. The van der Waals surface area contributed by atoms with Crippen molar-refractivity contribution in [3.63, 3.8) is 0 Å². The van der Waals surface area contributed by atoms with Crippen molar-refractivity contribution in [3.05, 3.63) is 34.6 Å². The third-order valence-electron chi connectivity index (χ3n) is 5.90. The Bertz CT molecular complexity index is 493. The van der Waals surface area contributed by atoms with E-state index in [1.54, 1.807) is 0 Å². The molecule has 0 amide bonds. The van der Waals surface area contributed by atoms with E-state index in [4.69, 9.17) is 0 Å². The molecule has 0 aliphatic heterocycles. The number of benzene rings is 1. The maximum atomic E-state index is 13.9. The Morgan fingerprint density at radius 2 is 1.57 bits per heavy atom. The second-order valence-corrected chi connectivity index (χ2v) is 7.82. The lowest BCUT2D eigenvalue weighted by Crippen LogP contribution is -2.26. The Labute approximate surface area is 129 Å². The van der Waals surface area contributed by atoms with Crippen LogP contribution in [0.1, 0.15) is 63.8 Å². The quantitative estimate of drug-likeness (QED) is 0.789. The molecular weight excluding hydrogens is 261 g/mol. The van der Waals surface area contributed by atoms with Gasteiger partial charge < -0.3 is 5.32 Å². The van der Waals surface area contributed by atoms with Crippen LogP contribution in [-0.4, -0.2) is 6.54 Å². The third kappa shape index (κ3) is 2.63. The molecule has 1 N–H and O–H groups in total. The van der Waals surface area contributed by atoms with Gasteiger partial charge in [0.15, 0.2) is 0 Å². The van der Waals surface area contributed by atoms with Gasteiger partial charge in [-0.2, -0.15) is 0 Å². The zero-order valence-electron chi connectivity index (χ0n) is 14.6. The van der Waals surface area contributed by atoms with Crippen molar-refractivity contribution in [3.8, 4) is 0 Å². The van der Waals surface area contributed by atoms with Gasteiger partial charge in [0.2, 0.25) is 0 Å². The van der Waals surface area contributed by atoms with E-state index in [1.165, 1.54) is 5.56 Å². The van der Waals surface area contributed by atoms with E-state index in [-0.39, 0.29) is 5.82 Å². The summed E-state index contributed by atoms with van der Waals surface area (Å²) in [6.45, 7) is 16.3.